The molecule has 9 nitrogen and oxygen atoms in total. The molecule has 2 amide bonds. The molecular formula is C32H58N2O7. The van der Waals surface area contributed by atoms with Crippen LogP contribution in [0.2, 0.25) is 0 Å². The standard InChI is InChI=1S/C32H58N2O7/c1-3-5-6-7-8-9-10-11-12-13-14-15-16-20-24-31(38)41-27(21-4-2)22-18-17-19-23-29(36)33-25-30(37)34-28(26-35)32(39)40/h10-11,27-28,35H,3-9,12-26H2,1-2H3,(H,33,36)(H,34,37)(H,39,40)/b11-10-. The van der Waals surface area contributed by atoms with E-state index in [2.05, 4.69) is 36.6 Å². The maximum absolute atomic E-state index is 12.3. The number of allylic oxidation sites excluding steroid dienone is 2. The molecule has 0 spiro atoms. The first-order chi connectivity index (χ1) is 19.8. The molecule has 2 atom stereocenters. The van der Waals surface area contributed by atoms with Gasteiger partial charge in [-0.3, -0.25) is 14.4 Å². The molecule has 0 saturated carbocycles. The highest BCUT2D eigenvalue weighted by Gasteiger charge is 2.19. The van der Waals surface area contributed by atoms with Crippen LogP contribution in [-0.2, 0) is 23.9 Å². The van der Waals surface area contributed by atoms with Crippen molar-refractivity contribution in [1.82, 2.24) is 10.6 Å². The van der Waals surface area contributed by atoms with Crippen LogP contribution in [-0.4, -0.2) is 59.3 Å². The Morgan fingerprint density at radius 3 is 1.90 bits per heavy atom. The molecular weight excluding hydrogens is 524 g/mol. The van der Waals surface area contributed by atoms with Gasteiger partial charge in [-0.15, -0.1) is 0 Å². The zero-order valence-corrected chi connectivity index (χ0v) is 25.8. The number of nitrogens with one attached hydrogen (secondary N) is 2. The molecule has 0 aromatic heterocycles. The van der Waals surface area contributed by atoms with Crippen LogP contribution in [0.15, 0.2) is 12.2 Å². The van der Waals surface area contributed by atoms with Gasteiger partial charge >= 0.3 is 11.9 Å². The summed E-state index contributed by atoms with van der Waals surface area (Å²) in [6.45, 7) is 3.26. The second kappa shape index (κ2) is 27.7. The van der Waals surface area contributed by atoms with Gasteiger partial charge in [0, 0.05) is 12.8 Å². The lowest BCUT2D eigenvalue weighted by Crippen LogP contribution is -2.47. The van der Waals surface area contributed by atoms with Crippen LogP contribution < -0.4 is 10.6 Å². The molecule has 0 aliphatic carbocycles. The smallest absolute Gasteiger partial charge is 0.328 e. The maximum Gasteiger partial charge on any atom is 0.328 e. The topological polar surface area (TPSA) is 142 Å². The van der Waals surface area contributed by atoms with Crippen LogP contribution in [0.5, 0.6) is 0 Å². The van der Waals surface area contributed by atoms with Crippen LogP contribution in [0.1, 0.15) is 142 Å². The Bertz CT molecular complexity index is 727. The number of unbranched alkanes of at least 4 members (excludes halogenated alkanes) is 12. The quantitative estimate of drug-likeness (QED) is 0.0505. The van der Waals surface area contributed by atoms with E-state index in [0.717, 1.165) is 57.8 Å². The SMILES string of the molecule is CCCCCCC/C=C\CCCCCCCC(=O)OC(CCC)CCCCCC(=O)NCC(=O)NC(CO)C(=O)O. The highest BCUT2D eigenvalue weighted by Crippen LogP contribution is 2.15. The fourth-order valence-electron chi connectivity index (χ4n) is 4.52. The molecule has 0 aliphatic heterocycles. The molecule has 2 unspecified atom stereocenters. The summed E-state index contributed by atoms with van der Waals surface area (Å²) >= 11 is 0. The summed E-state index contributed by atoms with van der Waals surface area (Å²) in [5, 5.41) is 22.3. The Kier molecular flexibility index (Phi) is 26.1. The lowest BCUT2D eigenvalue weighted by Gasteiger charge is -2.17. The van der Waals surface area contributed by atoms with Gasteiger partial charge in [-0.05, 0) is 57.8 Å². The third kappa shape index (κ3) is 25.0. The van der Waals surface area contributed by atoms with Gasteiger partial charge in [0.05, 0.1) is 13.2 Å². The van der Waals surface area contributed by atoms with Crippen LogP contribution in [0.3, 0.4) is 0 Å². The van der Waals surface area contributed by atoms with Crippen molar-refractivity contribution in [3.05, 3.63) is 12.2 Å². The summed E-state index contributed by atoms with van der Waals surface area (Å²) in [6, 6.07) is -1.39. The van der Waals surface area contributed by atoms with Crippen molar-refractivity contribution < 1.29 is 34.1 Å². The number of esters is 1. The predicted octanol–water partition coefficient (Wildman–Crippen LogP) is 5.97. The van der Waals surface area contributed by atoms with Crippen molar-refractivity contribution >= 4 is 23.8 Å². The summed E-state index contributed by atoms with van der Waals surface area (Å²) < 4.78 is 5.72. The second-order valence-corrected chi connectivity index (χ2v) is 10.9. The van der Waals surface area contributed by atoms with Crippen molar-refractivity contribution in [2.45, 2.75) is 154 Å². The minimum absolute atomic E-state index is 0.0860. The Morgan fingerprint density at radius 1 is 0.707 bits per heavy atom. The van der Waals surface area contributed by atoms with E-state index in [1.54, 1.807) is 0 Å². The van der Waals surface area contributed by atoms with E-state index in [1.165, 1.54) is 51.4 Å². The lowest BCUT2D eigenvalue weighted by molar-refractivity contribution is -0.150. The van der Waals surface area contributed by atoms with Crippen molar-refractivity contribution in [2.24, 2.45) is 0 Å². The number of hydrogen-bond acceptors (Lipinski definition) is 6. The largest absolute Gasteiger partial charge is 0.480 e. The van der Waals surface area contributed by atoms with Gasteiger partial charge in [0.25, 0.3) is 0 Å². The average molecular weight is 583 g/mol. The maximum atomic E-state index is 12.3. The monoisotopic (exact) mass is 582 g/mol. The normalized spacial score (nSPS) is 12.7. The molecule has 0 rings (SSSR count). The summed E-state index contributed by atoms with van der Waals surface area (Å²) in [6.07, 6.45) is 24.6. The molecule has 0 saturated heterocycles. The van der Waals surface area contributed by atoms with E-state index in [0.29, 0.717) is 12.8 Å². The van der Waals surface area contributed by atoms with Crippen molar-refractivity contribution in [2.75, 3.05) is 13.2 Å². The van der Waals surface area contributed by atoms with Crippen LogP contribution in [0.25, 0.3) is 0 Å². The van der Waals surface area contributed by atoms with E-state index in [-0.39, 0.29) is 30.9 Å². The van der Waals surface area contributed by atoms with Crippen LogP contribution in [0, 0.1) is 0 Å². The molecule has 238 valence electrons. The van der Waals surface area contributed by atoms with E-state index >= 15 is 0 Å². The molecule has 0 radical (unpaired) electrons. The van der Waals surface area contributed by atoms with Gasteiger partial charge in [-0.2, -0.15) is 0 Å². The minimum Gasteiger partial charge on any atom is -0.480 e. The fraction of sp³-hybridized carbons (Fsp3) is 0.812. The first-order valence-corrected chi connectivity index (χ1v) is 16.1. The number of amides is 2. The zero-order valence-electron chi connectivity index (χ0n) is 25.8. The van der Waals surface area contributed by atoms with E-state index < -0.39 is 24.5 Å². The summed E-state index contributed by atoms with van der Waals surface area (Å²) in [4.78, 5) is 46.7. The third-order valence-electron chi connectivity index (χ3n) is 6.99. The molecule has 4 N–H and O–H groups in total. The first-order valence-electron chi connectivity index (χ1n) is 16.1. The summed E-state index contributed by atoms with van der Waals surface area (Å²) in [5.41, 5.74) is 0. The highest BCUT2D eigenvalue weighted by molar-refractivity contribution is 5.87. The number of hydrogen-bond donors (Lipinski definition) is 4. The molecule has 0 bridgehead atoms. The number of ether oxygens (including phenoxy) is 1. The van der Waals surface area contributed by atoms with Crippen molar-refractivity contribution in [1.29, 1.82) is 0 Å². The van der Waals surface area contributed by atoms with Gasteiger partial charge in [0.2, 0.25) is 11.8 Å². The van der Waals surface area contributed by atoms with Crippen LogP contribution in [0.4, 0.5) is 0 Å². The lowest BCUT2D eigenvalue weighted by atomic mass is 10.0. The number of carbonyl (C=O) groups excluding carboxylic acids is 3. The van der Waals surface area contributed by atoms with Crippen molar-refractivity contribution in [3.8, 4) is 0 Å². The minimum atomic E-state index is -1.39. The zero-order chi connectivity index (χ0) is 30.6. The molecule has 9 heteroatoms. The fourth-order valence-corrected chi connectivity index (χ4v) is 4.52. The van der Waals surface area contributed by atoms with Gasteiger partial charge in [0.1, 0.15) is 12.1 Å². The number of rotatable bonds is 28. The Balaban J connectivity index is 3.84. The predicted molar refractivity (Wildman–Crippen MR) is 162 cm³/mol. The average Bonchev–Trinajstić information content (AvgIpc) is 2.94. The molecule has 0 aromatic carbocycles. The second-order valence-electron chi connectivity index (χ2n) is 10.9. The number of carboxylic acids is 1. The summed E-state index contributed by atoms with van der Waals surface area (Å²) in [7, 11) is 0. The Morgan fingerprint density at radius 2 is 1.29 bits per heavy atom. The first kappa shape index (κ1) is 38.6. The van der Waals surface area contributed by atoms with Gasteiger partial charge in [-0.25, -0.2) is 4.79 Å². The molecule has 0 heterocycles. The Labute approximate surface area is 248 Å². The Hall–Kier alpha value is -2.42. The van der Waals surface area contributed by atoms with E-state index in [1.807, 2.05) is 0 Å². The number of carbonyl (C=O) groups is 4. The van der Waals surface area contributed by atoms with Gasteiger partial charge in [0.15, 0.2) is 0 Å². The van der Waals surface area contributed by atoms with Gasteiger partial charge in [-0.1, -0.05) is 83.8 Å². The van der Waals surface area contributed by atoms with Gasteiger partial charge < -0.3 is 25.6 Å². The molecule has 41 heavy (non-hydrogen) atoms. The summed E-state index contributed by atoms with van der Waals surface area (Å²) in [5.74, 6) is -2.42. The number of aliphatic carboxylic acids is 1. The highest BCUT2D eigenvalue weighted by atomic mass is 16.5. The van der Waals surface area contributed by atoms with Crippen LogP contribution >= 0.6 is 0 Å². The molecule has 0 aromatic rings. The van der Waals surface area contributed by atoms with E-state index in [9.17, 15) is 19.2 Å². The number of aliphatic hydroxyl groups excluding tert-OH is 1. The van der Waals surface area contributed by atoms with E-state index in [4.69, 9.17) is 14.9 Å². The molecule has 0 aliphatic rings. The van der Waals surface area contributed by atoms with Crippen molar-refractivity contribution in [3.63, 3.8) is 0 Å². The molecule has 0 fully saturated rings. The number of aliphatic hydroxyl groups is 1. The third-order valence-corrected chi connectivity index (χ3v) is 6.99. The number of carboxylic acid groups (broad SMARTS) is 1.